The SMILES string of the molecule is NC1=C/C=C\c2ccccc2-c2ccccc21. The molecule has 2 N–H and O–H groups in total. The van der Waals surface area contributed by atoms with E-state index in [1.807, 2.05) is 24.3 Å². The lowest BCUT2D eigenvalue weighted by molar-refractivity contribution is 1.48. The quantitative estimate of drug-likeness (QED) is 0.718. The van der Waals surface area contributed by atoms with E-state index in [4.69, 9.17) is 5.73 Å². The van der Waals surface area contributed by atoms with Crippen LogP contribution in [0, 0.1) is 0 Å². The van der Waals surface area contributed by atoms with Crippen LogP contribution in [0.15, 0.2) is 60.7 Å². The highest BCUT2D eigenvalue weighted by Gasteiger charge is 2.10. The normalized spacial score (nSPS) is 14.9. The Morgan fingerprint density at radius 2 is 1.35 bits per heavy atom. The van der Waals surface area contributed by atoms with Crippen LogP contribution in [-0.2, 0) is 0 Å². The average molecular weight is 219 g/mol. The van der Waals surface area contributed by atoms with Gasteiger partial charge in [0.15, 0.2) is 0 Å². The fourth-order valence-corrected chi connectivity index (χ4v) is 2.20. The largest absolute Gasteiger partial charge is 0.398 e. The first-order valence-electron chi connectivity index (χ1n) is 5.69. The van der Waals surface area contributed by atoms with Crippen molar-refractivity contribution in [3.05, 3.63) is 71.8 Å². The predicted molar refractivity (Wildman–Crippen MR) is 73.1 cm³/mol. The number of benzene rings is 2. The minimum Gasteiger partial charge on any atom is -0.398 e. The Balaban J connectivity index is 2.36. The van der Waals surface area contributed by atoms with Crippen molar-refractivity contribution in [2.75, 3.05) is 0 Å². The van der Waals surface area contributed by atoms with Gasteiger partial charge in [-0.15, -0.1) is 0 Å². The van der Waals surface area contributed by atoms with Gasteiger partial charge in [-0.05, 0) is 22.8 Å². The van der Waals surface area contributed by atoms with Crippen LogP contribution >= 0.6 is 0 Å². The molecule has 17 heavy (non-hydrogen) atoms. The fraction of sp³-hybridized carbons (Fsp3) is 0. The smallest absolute Gasteiger partial charge is 0.0393 e. The van der Waals surface area contributed by atoms with Crippen molar-refractivity contribution in [3.63, 3.8) is 0 Å². The van der Waals surface area contributed by atoms with Crippen LogP contribution in [0.1, 0.15) is 11.1 Å². The number of nitrogens with two attached hydrogens (primary N) is 1. The second kappa shape index (κ2) is 3.95. The maximum Gasteiger partial charge on any atom is 0.0393 e. The number of hydrogen-bond donors (Lipinski definition) is 1. The van der Waals surface area contributed by atoms with Crippen LogP contribution in [0.4, 0.5) is 0 Å². The first kappa shape index (κ1) is 9.91. The molecule has 0 amide bonds. The standard InChI is InChI=1S/C16H13N/c17-16-11-5-7-12-6-1-2-8-13(12)14-9-3-4-10-15(14)16/h1-11H,17H2/b7-5-,11-5?,12-7?,14-13?,16-11?,16-15?. The molecular weight excluding hydrogens is 206 g/mol. The van der Waals surface area contributed by atoms with Gasteiger partial charge in [0.05, 0.1) is 0 Å². The van der Waals surface area contributed by atoms with Crippen molar-refractivity contribution in [2.24, 2.45) is 5.73 Å². The van der Waals surface area contributed by atoms with Crippen molar-refractivity contribution in [3.8, 4) is 11.1 Å². The lowest BCUT2D eigenvalue weighted by Crippen LogP contribution is -2.00. The van der Waals surface area contributed by atoms with Gasteiger partial charge in [0.1, 0.15) is 0 Å². The first-order chi connectivity index (χ1) is 8.36. The second-order valence-electron chi connectivity index (χ2n) is 4.11. The lowest BCUT2D eigenvalue weighted by atomic mass is 9.92. The van der Waals surface area contributed by atoms with Gasteiger partial charge < -0.3 is 5.73 Å². The molecule has 0 spiro atoms. The molecule has 3 rings (SSSR count). The Labute approximate surface area is 101 Å². The van der Waals surface area contributed by atoms with E-state index in [1.54, 1.807) is 0 Å². The van der Waals surface area contributed by atoms with Gasteiger partial charge >= 0.3 is 0 Å². The van der Waals surface area contributed by atoms with Crippen LogP contribution in [0.5, 0.6) is 0 Å². The molecule has 0 unspecified atom stereocenters. The summed E-state index contributed by atoms with van der Waals surface area (Å²) < 4.78 is 0. The minimum atomic E-state index is 0.811. The van der Waals surface area contributed by atoms with E-state index in [0.717, 1.165) is 11.3 Å². The molecule has 82 valence electrons. The number of fused-ring (bicyclic) bond motifs is 3. The molecule has 1 aliphatic rings. The predicted octanol–water partition coefficient (Wildman–Crippen LogP) is 3.68. The summed E-state index contributed by atoms with van der Waals surface area (Å²) >= 11 is 0. The molecule has 0 aliphatic heterocycles. The first-order valence-corrected chi connectivity index (χ1v) is 5.69. The highest BCUT2D eigenvalue weighted by molar-refractivity contribution is 5.87. The van der Waals surface area contributed by atoms with Crippen LogP contribution < -0.4 is 5.73 Å². The summed E-state index contributed by atoms with van der Waals surface area (Å²) in [6.07, 6.45) is 6.05. The van der Waals surface area contributed by atoms with Crippen molar-refractivity contribution in [1.82, 2.24) is 0 Å². The van der Waals surface area contributed by atoms with Crippen molar-refractivity contribution >= 4 is 11.8 Å². The van der Waals surface area contributed by atoms with E-state index in [9.17, 15) is 0 Å². The zero-order valence-electron chi connectivity index (χ0n) is 9.43. The molecule has 2 aromatic carbocycles. The van der Waals surface area contributed by atoms with E-state index in [1.165, 1.54) is 16.7 Å². The summed E-state index contributed by atoms with van der Waals surface area (Å²) in [7, 11) is 0. The fourth-order valence-electron chi connectivity index (χ4n) is 2.20. The molecule has 0 saturated heterocycles. The third-order valence-corrected chi connectivity index (χ3v) is 3.04. The summed E-state index contributed by atoms with van der Waals surface area (Å²) in [5.41, 5.74) is 11.6. The van der Waals surface area contributed by atoms with E-state index >= 15 is 0 Å². The van der Waals surface area contributed by atoms with Gasteiger partial charge in [-0.2, -0.15) is 0 Å². The Morgan fingerprint density at radius 3 is 2.18 bits per heavy atom. The zero-order chi connectivity index (χ0) is 11.7. The summed E-state index contributed by atoms with van der Waals surface area (Å²) in [4.78, 5) is 0. The monoisotopic (exact) mass is 219 g/mol. The Hall–Kier alpha value is -2.28. The molecule has 0 saturated carbocycles. The molecule has 1 heteroatoms. The lowest BCUT2D eigenvalue weighted by Gasteiger charge is -2.14. The van der Waals surface area contributed by atoms with Gasteiger partial charge in [-0.3, -0.25) is 0 Å². The number of allylic oxidation sites excluding steroid dienone is 2. The molecule has 0 atom stereocenters. The average Bonchev–Trinajstić information content (AvgIpc) is 2.37. The van der Waals surface area contributed by atoms with Crippen molar-refractivity contribution < 1.29 is 0 Å². The highest BCUT2D eigenvalue weighted by Crippen LogP contribution is 2.31. The zero-order valence-corrected chi connectivity index (χ0v) is 9.43. The van der Waals surface area contributed by atoms with Gasteiger partial charge in [-0.25, -0.2) is 0 Å². The summed E-state index contributed by atoms with van der Waals surface area (Å²) in [5.74, 6) is 0. The summed E-state index contributed by atoms with van der Waals surface area (Å²) in [6, 6.07) is 16.6. The molecule has 2 aromatic rings. The van der Waals surface area contributed by atoms with E-state index in [2.05, 4.69) is 42.5 Å². The van der Waals surface area contributed by atoms with E-state index < -0.39 is 0 Å². The van der Waals surface area contributed by atoms with Crippen LogP contribution in [-0.4, -0.2) is 0 Å². The number of hydrogen-bond acceptors (Lipinski definition) is 1. The molecule has 0 aromatic heterocycles. The highest BCUT2D eigenvalue weighted by atomic mass is 14.6. The van der Waals surface area contributed by atoms with Crippen molar-refractivity contribution in [2.45, 2.75) is 0 Å². The number of rotatable bonds is 0. The van der Waals surface area contributed by atoms with Gasteiger partial charge in [0.25, 0.3) is 0 Å². The maximum absolute atomic E-state index is 6.08. The van der Waals surface area contributed by atoms with Crippen LogP contribution in [0.3, 0.4) is 0 Å². The Kier molecular flexibility index (Phi) is 2.30. The molecular formula is C16H13N. The van der Waals surface area contributed by atoms with Crippen LogP contribution in [0.2, 0.25) is 0 Å². The van der Waals surface area contributed by atoms with E-state index in [-0.39, 0.29) is 0 Å². The minimum absolute atomic E-state index is 0.811. The second-order valence-corrected chi connectivity index (χ2v) is 4.11. The van der Waals surface area contributed by atoms with Crippen molar-refractivity contribution in [1.29, 1.82) is 0 Å². The van der Waals surface area contributed by atoms with E-state index in [0.29, 0.717) is 0 Å². The molecule has 0 heterocycles. The van der Waals surface area contributed by atoms with Gasteiger partial charge in [0.2, 0.25) is 0 Å². The molecule has 0 fully saturated rings. The molecule has 1 aliphatic carbocycles. The van der Waals surface area contributed by atoms with Gasteiger partial charge in [0, 0.05) is 11.3 Å². The molecule has 1 nitrogen and oxygen atoms in total. The Bertz CT molecular complexity index is 621. The maximum atomic E-state index is 6.08. The topological polar surface area (TPSA) is 26.0 Å². The Morgan fingerprint density at radius 1 is 0.706 bits per heavy atom. The van der Waals surface area contributed by atoms with Crippen LogP contribution in [0.25, 0.3) is 22.9 Å². The molecule has 0 radical (unpaired) electrons. The third kappa shape index (κ3) is 1.66. The third-order valence-electron chi connectivity index (χ3n) is 3.04. The van der Waals surface area contributed by atoms with Gasteiger partial charge in [-0.1, -0.05) is 60.7 Å². The summed E-state index contributed by atoms with van der Waals surface area (Å²) in [6.45, 7) is 0. The summed E-state index contributed by atoms with van der Waals surface area (Å²) in [5, 5.41) is 0. The molecule has 0 bridgehead atoms.